The van der Waals surface area contributed by atoms with Crippen LogP contribution < -0.4 is 15.5 Å². The van der Waals surface area contributed by atoms with Crippen LogP contribution in [0.2, 0.25) is 5.02 Å². The summed E-state index contributed by atoms with van der Waals surface area (Å²) in [6, 6.07) is 13.2. The number of rotatable bonds is 5. The van der Waals surface area contributed by atoms with Gasteiger partial charge >= 0.3 is 0 Å². The van der Waals surface area contributed by atoms with Crippen LogP contribution in [0.5, 0.6) is 0 Å². The molecule has 4 aromatic rings. The Balaban J connectivity index is 1.22. The van der Waals surface area contributed by atoms with Gasteiger partial charge in [0.25, 0.3) is 5.91 Å². The van der Waals surface area contributed by atoms with Crippen LogP contribution in [0.3, 0.4) is 0 Å². The molecule has 2 aromatic carbocycles. The van der Waals surface area contributed by atoms with Crippen molar-refractivity contribution in [3.05, 3.63) is 52.4 Å². The number of hydrogen-bond donors (Lipinski definition) is 2. The number of thiophene rings is 1. The fourth-order valence-corrected chi connectivity index (χ4v) is 5.98. The zero-order chi connectivity index (χ0) is 22.1. The van der Waals surface area contributed by atoms with Crippen LogP contribution in [-0.4, -0.2) is 49.6 Å². The third kappa shape index (κ3) is 4.29. The minimum Gasteiger partial charge on any atom is -0.378 e. The van der Waals surface area contributed by atoms with Gasteiger partial charge in [-0.15, -0.1) is 11.3 Å². The zero-order valence-electron chi connectivity index (χ0n) is 16.9. The molecule has 1 aliphatic heterocycles. The molecule has 2 N–H and O–H groups in total. The van der Waals surface area contributed by atoms with Gasteiger partial charge in [-0.25, -0.2) is 4.98 Å². The highest BCUT2D eigenvalue weighted by molar-refractivity contribution is 7.22. The largest absolute Gasteiger partial charge is 0.378 e. The Morgan fingerprint density at radius 1 is 1.09 bits per heavy atom. The first-order valence-corrected chi connectivity index (χ1v) is 12.1. The minimum atomic E-state index is -0.362. The minimum absolute atomic E-state index is 0.150. The lowest BCUT2D eigenvalue weighted by Gasteiger charge is -2.25. The van der Waals surface area contributed by atoms with Crippen molar-refractivity contribution in [3.8, 4) is 0 Å². The number of ether oxygens (including phenoxy) is 1. The lowest BCUT2D eigenvalue weighted by Crippen LogP contribution is -2.36. The predicted molar refractivity (Wildman–Crippen MR) is 130 cm³/mol. The van der Waals surface area contributed by atoms with Crippen molar-refractivity contribution in [2.24, 2.45) is 0 Å². The third-order valence-corrected chi connectivity index (χ3v) is 7.85. The monoisotopic (exact) mass is 486 g/mol. The molecule has 1 saturated heterocycles. The summed E-state index contributed by atoms with van der Waals surface area (Å²) in [5.74, 6) is -0.674. The molecule has 0 aliphatic carbocycles. The third-order valence-electron chi connectivity index (χ3n) is 5.09. The van der Waals surface area contributed by atoms with Gasteiger partial charge in [-0.1, -0.05) is 41.1 Å². The van der Waals surface area contributed by atoms with E-state index in [4.69, 9.17) is 16.3 Å². The Labute approximate surface area is 197 Å². The predicted octanol–water partition coefficient (Wildman–Crippen LogP) is 4.37. The second-order valence-electron chi connectivity index (χ2n) is 7.25. The summed E-state index contributed by atoms with van der Waals surface area (Å²) in [5.41, 5.74) is 1.55. The average Bonchev–Trinajstić information content (AvgIpc) is 3.39. The van der Waals surface area contributed by atoms with Gasteiger partial charge < -0.3 is 20.3 Å². The maximum Gasteiger partial charge on any atom is 0.263 e. The van der Waals surface area contributed by atoms with Crippen molar-refractivity contribution in [1.82, 2.24) is 10.3 Å². The molecular weight excluding hydrogens is 468 g/mol. The number of benzene rings is 2. The van der Waals surface area contributed by atoms with E-state index >= 15 is 0 Å². The van der Waals surface area contributed by atoms with Crippen LogP contribution in [0.4, 0.5) is 10.8 Å². The van der Waals surface area contributed by atoms with Crippen LogP contribution in [0.25, 0.3) is 20.3 Å². The van der Waals surface area contributed by atoms with Crippen molar-refractivity contribution in [1.29, 1.82) is 0 Å². The fraction of sp³-hybridized carbons (Fsp3) is 0.227. The summed E-state index contributed by atoms with van der Waals surface area (Å²) in [7, 11) is 0. The zero-order valence-corrected chi connectivity index (χ0v) is 19.3. The standard InChI is InChI=1S/C22H19ClN4O3S2/c23-19-14-3-1-2-4-16(14)31-20(19)21(29)24-12-18(28)25-13-5-6-15-17(11-13)32-22(26-15)27-7-9-30-10-8-27/h1-6,11H,7-10,12H2,(H,24,29)(H,25,28). The van der Waals surface area contributed by atoms with Gasteiger partial charge in [0, 0.05) is 28.9 Å². The van der Waals surface area contributed by atoms with Crippen molar-refractivity contribution in [2.45, 2.75) is 0 Å². The molecule has 2 aromatic heterocycles. The maximum atomic E-state index is 12.5. The second kappa shape index (κ2) is 9.03. The van der Waals surface area contributed by atoms with E-state index in [0.29, 0.717) is 28.8 Å². The van der Waals surface area contributed by atoms with Crippen molar-refractivity contribution < 1.29 is 14.3 Å². The number of carbonyl (C=O) groups excluding carboxylic acids is 2. The van der Waals surface area contributed by atoms with Crippen LogP contribution >= 0.6 is 34.3 Å². The molecule has 0 spiro atoms. The number of fused-ring (bicyclic) bond motifs is 2. The van der Waals surface area contributed by atoms with Gasteiger partial charge in [0.1, 0.15) is 4.88 Å². The smallest absolute Gasteiger partial charge is 0.263 e. The molecule has 0 radical (unpaired) electrons. The Kier molecular flexibility index (Phi) is 5.97. The Hall–Kier alpha value is -2.72. The summed E-state index contributed by atoms with van der Waals surface area (Å²) in [4.78, 5) is 32.2. The van der Waals surface area contributed by atoms with E-state index in [-0.39, 0.29) is 18.4 Å². The van der Waals surface area contributed by atoms with Crippen LogP contribution in [0.1, 0.15) is 9.67 Å². The maximum absolute atomic E-state index is 12.5. The topological polar surface area (TPSA) is 83.6 Å². The summed E-state index contributed by atoms with van der Waals surface area (Å²) in [6.45, 7) is 2.91. The van der Waals surface area contributed by atoms with Gasteiger partial charge in [-0.2, -0.15) is 0 Å². The molecule has 0 bridgehead atoms. The van der Waals surface area contributed by atoms with Crippen LogP contribution in [0.15, 0.2) is 42.5 Å². The first-order chi connectivity index (χ1) is 15.6. The molecule has 5 rings (SSSR count). The second-order valence-corrected chi connectivity index (χ2v) is 9.69. The van der Waals surface area contributed by atoms with E-state index in [0.717, 1.165) is 38.5 Å². The first kappa shape index (κ1) is 21.1. The Bertz CT molecular complexity index is 1310. The molecule has 10 heteroatoms. The lowest BCUT2D eigenvalue weighted by molar-refractivity contribution is -0.115. The SMILES string of the molecule is O=C(CNC(=O)c1sc2ccccc2c1Cl)Nc1ccc2nc(N3CCOCC3)sc2c1. The van der Waals surface area contributed by atoms with E-state index in [1.165, 1.54) is 11.3 Å². The summed E-state index contributed by atoms with van der Waals surface area (Å²) in [5, 5.41) is 7.69. The molecule has 1 aliphatic rings. The summed E-state index contributed by atoms with van der Waals surface area (Å²) in [6.07, 6.45) is 0. The lowest BCUT2D eigenvalue weighted by atomic mass is 10.2. The number of anilines is 2. The number of morpholine rings is 1. The highest BCUT2D eigenvalue weighted by Crippen LogP contribution is 2.35. The molecule has 1 fully saturated rings. The number of carbonyl (C=O) groups is 2. The first-order valence-electron chi connectivity index (χ1n) is 10.1. The molecule has 0 unspecified atom stereocenters. The molecule has 164 valence electrons. The quantitative estimate of drug-likeness (QED) is 0.437. The molecule has 7 nitrogen and oxygen atoms in total. The van der Waals surface area contributed by atoms with Crippen molar-refractivity contribution in [3.63, 3.8) is 0 Å². The highest BCUT2D eigenvalue weighted by Gasteiger charge is 2.18. The highest BCUT2D eigenvalue weighted by atomic mass is 35.5. The number of hydrogen-bond acceptors (Lipinski definition) is 7. The normalized spacial score (nSPS) is 14.1. The molecule has 0 atom stereocenters. The number of nitrogens with one attached hydrogen (secondary N) is 2. The number of aromatic nitrogens is 1. The number of halogens is 1. The van der Waals surface area contributed by atoms with E-state index in [9.17, 15) is 9.59 Å². The summed E-state index contributed by atoms with van der Waals surface area (Å²) < 4.78 is 7.32. The fourth-order valence-electron chi connectivity index (χ4n) is 3.49. The Morgan fingerprint density at radius 2 is 1.91 bits per heavy atom. The Morgan fingerprint density at radius 3 is 2.72 bits per heavy atom. The van der Waals surface area contributed by atoms with E-state index in [1.807, 2.05) is 42.5 Å². The molecule has 0 saturated carbocycles. The van der Waals surface area contributed by atoms with Gasteiger partial charge in [0.15, 0.2) is 5.13 Å². The van der Waals surface area contributed by atoms with E-state index in [1.54, 1.807) is 11.3 Å². The van der Waals surface area contributed by atoms with Crippen LogP contribution in [0, 0.1) is 0 Å². The number of amides is 2. The molecule has 2 amide bonds. The average molecular weight is 487 g/mol. The molecular formula is C22H19ClN4O3S2. The van der Waals surface area contributed by atoms with Crippen molar-refractivity contribution >= 4 is 77.2 Å². The van der Waals surface area contributed by atoms with Crippen LogP contribution in [-0.2, 0) is 9.53 Å². The van der Waals surface area contributed by atoms with Crippen molar-refractivity contribution in [2.75, 3.05) is 43.1 Å². The van der Waals surface area contributed by atoms with Gasteiger partial charge in [0.05, 0.1) is 35.0 Å². The van der Waals surface area contributed by atoms with E-state index in [2.05, 4.69) is 20.5 Å². The van der Waals surface area contributed by atoms with E-state index < -0.39 is 0 Å². The molecule has 32 heavy (non-hydrogen) atoms. The summed E-state index contributed by atoms with van der Waals surface area (Å²) >= 11 is 9.24. The van der Waals surface area contributed by atoms with Gasteiger partial charge in [-0.3, -0.25) is 9.59 Å². The number of nitrogens with zero attached hydrogens (tertiary/aromatic N) is 2. The molecule has 3 heterocycles. The van der Waals surface area contributed by atoms with Gasteiger partial charge in [0.2, 0.25) is 5.91 Å². The van der Waals surface area contributed by atoms with Gasteiger partial charge in [-0.05, 0) is 24.3 Å². The number of thiazole rings is 1.